The molecule has 0 N–H and O–H groups in total. The van der Waals surface area contributed by atoms with Crippen molar-refractivity contribution < 1.29 is 19.1 Å². The van der Waals surface area contributed by atoms with Crippen LogP contribution in [0.1, 0.15) is 34.6 Å². The Morgan fingerprint density at radius 1 is 1.44 bits per heavy atom. The third-order valence-corrected chi connectivity index (χ3v) is 3.46. The fraction of sp³-hybridized carbons (Fsp3) is 0.667. The number of carbonyl (C=O) groups is 2. The molecule has 0 aromatic heterocycles. The highest BCUT2D eigenvalue weighted by Crippen LogP contribution is 2.45. The van der Waals surface area contributed by atoms with Crippen LogP contribution in [0.4, 0.5) is 0 Å². The van der Waals surface area contributed by atoms with E-state index in [1.807, 2.05) is 0 Å². The lowest BCUT2D eigenvalue weighted by atomic mass is 9.75. The van der Waals surface area contributed by atoms with Crippen LogP contribution in [-0.2, 0) is 19.1 Å². The van der Waals surface area contributed by atoms with Gasteiger partial charge in [0.2, 0.25) is 0 Å². The van der Waals surface area contributed by atoms with Gasteiger partial charge in [0.15, 0.2) is 5.60 Å². The van der Waals surface area contributed by atoms with Gasteiger partial charge in [-0.1, -0.05) is 6.58 Å². The van der Waals surface area contributed by atoms with Crippen LogP contribution in [0.15, 0.2) is 12.2 Å². The average molecular weight is 226 g/mol. The fourth-order valence-corrected chi connectivity index (χ4v) is 1.62. The monoisotopic (exact) mass is 226 g/mol. The van der Waals surface area contributed by atoms with Gasteiger partial charge in [0.1, 0.15) is 11.5 Å². The lowest BCUT2D eigenvalue weighted by molar-refractivity contribution is -0.166. The summed E-state index contributed by atoms with van der Waals surface area (Å²) in [7, 11) is 0. The molecule has 4 heteroatoms. The maximum Gasteiger partial charge on any atom is 0.333 e. The molecule has 0 saturated carbocycles. The summed E-state index contributed by atoms with van der Waals surface area (Å²) in [5, 5.41) is 0. The zero-order chi connectivity index (χ0) is 12.7. The number of hydrogen-bond acceptors (Lipinski definition) is 4. The van der Waals surface area contributed by atoms with E-state index in [0.717, 1.165) is 0 Å². The molecule has 16 heavy (non-hydrogen) atoms. The van der Waals surface area contributed by atoms with Gasteiger partial charge in [0.25, 0.3) is 0 Å². The van der Waals surface area contributed by atoms with Crippen LogP contribution in [0.5, 0.6) is 0 Å². The molecule has 2 atom stereocenters. The van der Waals surface area contributed by atoms with E-state index in [-0.39, 0.29) is 5.97 Å². The van der Waals surface area contributed by atoms with Crippen LogP contribution in [-0.4, -0.2) is 23.6 Å². The van der Waals surface area contributed by atoms with Crippen molar-refractivity contribution in [2.75, 3.05) is 0 Å². The lowest BCUT2D eigenvalue weighted by Gasteiger charge is -2.35. The Labute approximate surface area is 95.6 Å². The third kappa shape index (κ3) is 1.62. The molecule has 0 aliphatic carbocycles. The molecule has 0 bridgehead atoms. The lowest BCUT2D eigenvalue weighted by Crippen LogP contribution is -2.49. The first kappa shape index (κ1) is 12.7. The van der Waals surface area contributed by atoms with Crippen molar-refractivity contribution in [2.24, 2.45) is 5.41 Å². The number of esters is 2. The Kier molecular flexibility index (Phi) is 2.88. The second-order valence-corrected chi connectivity index (χ2v) is 4.95. The van der Waals surface area contributed by atoms with E-state index < -0.39 is 23.1 Å². The normalized spacial score (nSPS) is 32.1. The van der Waals surface area contributed by atoms with E-state index in [0.29, 0.717) is 5.57 Å². The Morgan fingerprint density at radius 2 is 1.94 bits per heavy atom. The molecule has 4 nitrogen and oxygen atoms in total. The van der Waals surface area contributed by atoms with Crippen molar-refractivity contribution >= 4 is 11.9 Å². The Bertz CT molecular complexity index is 356. The summed E-state index contributed by atoms with van der Waals surface area (Å²) in [5.41, 5.74) is -1.50. The molecule has 0 aromatic rings. The van der Waals surface area contributed by atoms with E-state index in [4.69, 9.17) is 9.47 Å². The predicted molar refractivity (Wildman–Crippen MR) is 58.6 cm³/mol. The van der Waals surface area contributed by atoms with Crippen LogP contribution in [0.25, 0.3) is 0 Å². The van der Waals surface area contributed by atoms with Gasteiger partial charge in [-0.05, 0) is 34.6 Å². The van der Waals surface area contributed by atoms with Gasteiger partial charge >= 0.3 is 11.9 Å². The maximum absolute atomic E-state index is 11.6. The molecule has 1 fully saturated rings. The summed E-state index contributed by atoms with van der Waals surface area (Å²) in [5.74, 6) is -0.849. The second kappa shape index (κ2) is 3.61. The standard InChI is InChI=1S/C12H18O4/c1-7(2)9(13)16-12(6)8(3)15-10(14)11(12,4)5/h8H,1H2,2-6H3. The maximum atomic E-state index is 11.6. The zero-order valence-corrected chi connectivity index (χ0v) is 10.4. The highest BCUT2D eigenvalue weighted by atomic mass is 16.6. The van der Waals surface area contributed by atoms with Gasteiger partial charge in [-0.15, -0.1) is 0 Å². The molecule has 0 amide bonds. The topological polar surface area (TPSA) is 52.6 Å². The molecule has 2 unspecified atom stereocenters. The second-order valence-electron chi connectivity index (χ2n) is 4.95. The molecule has 1 aliphatic heterocycles. The predicted octanol–water partition coefficient (Wildman–Crippen LogP) is 1.84. The summed E-state index contributed by atoms with van der Waals surface area (Å²) < 4.78 is 10.5. The third-order valence-electron chi connectivity index (χ3n) is 3.46. The highest BCUT2D eigenvalue weighted by molar-refractivity contribution is 5.88. The van der Waals surface area contributed by atoms with E-state index in [2.05, 4.69) is 6.58 Å². The number of ether oxygens (including phenoxy) is 2. The minimum absolute atomic E-state index is 0.309. The summed E-state index contributed by atoms with van der Waals surface area (Å²) in [6.07, 6.45) is -0.460. The number of hydrogen-bond donors (Lipinski definition) is 0. The van der Waals surface area contributed by atoms with Crippen molar-refractivity contribution in [2.45, 2.75) is 46.3 Å². The van der Waals surface area contributed by atoms with Gasteiger partial charge in [0.05, 0.1) is 0 Å². The van der Waals surface area contributed by atoms with Crippen molar-refractivity contribution in [3.8, 4) is 0 Å². The van der Waals surface area contributed by atoms with Crippen molar-refractivity contribution in [1.82, 2.24) is 0 Å². The molecule has 1 saturated heterocycles. The smallest absolute Gasteiger partial charge is 0.333 e. The van der Waals surface area contributed by atoms with Gasteiger partial charge in [-0.2, -0.15) is 0 Å². The quantitative estimate of drug-likeness (QED) is 0.532. The van der Waals surface area contributed by atoms with E-state index >= 15 is 0 Å². The summed E-state index contributed by atoms with van der Waals surface area (Å²) >= 11 is 0. The molecular formula is C12H18O4. The Hall–Kier alpha value is -1.32. The van der Waals surface area contributed by atoms with E-state index in [9.17, 15) is 9.59 Å². The Balaban J connectivity index is 3.03. The van der Waals surface area contributed by atoms with Crippen molar-refractivity contribution in [3.63, 3.8) is 0 Å². The molecule has 0 aromatic carbocycles. The summed E-state index contributed by atoms with van der Waals surface area (Å²) in [6, 6.07) is 0. The van der Waals surface area contributed by atoms with Gasteiger partial charge in [-0.25, -0.2) is 4.79 Å². The fourth-order valence-electron chi connectivity index (χ4n) is 1.62. The minimum Gasteiger partial charge on any atom is -0.458 e. The molecule has 1 aliphatic rings. The first-order valence-corrected chi connectivity index (χ1v) is 5.23. The zero-order valence-electron chi connectivity index (χ0n) is 10.4. The van der Waals surface area contributed by atoms with Crippen LogP contribution in [0.3, 0.4) is 0 Å². The van der Waals surface area contributed by atoms with Gasteiger partial charge in [0, 0.05) is 5.57 Å². The highest BCUT2D eigenvalue weighted by Gasteiger charge is 2.61. The van der Waals surface area contributed by atoms with Crippen LogP contribution in [0, 0.1) is 5.41 Å². The van der Waals surface area contributed by atoms with E-state index in [1.54, 1.807) is 34.6 Å². The molecule has 90 valence electrons. The molecule has 1 heterocycles. The minimum atomic E-state index is -0.958. The number of carbonyl (C=O) groups excluding carboxylic acids is 2. The number of rotatable bonds is 2. The van der Waals surface area contributed by atoms with E-state index in [1.165, 1.54) is 0 Å². The van der Waals surface area contributed by atoms with Crippen LogP contribution >= 0.6 is 0 Å². The molecular weight excluding hydrogens is 208 g/mol. The largest absolute Gasteiger partial charge is 0.458 e. The van der Waals surface area contributed by atoms with Gasteiger partial charge < -0.3 is 9.47 Å². The van der Waals surface area contributed by atoms with Crippen LogP contribution < -0.4 is 0 Å². The average Bonchev–Trinajstić information content (AvgIpc) is 2.28. The van der Waals surface area contributed by atoms with Crippen molar-refractivity contribution in [1.29, 1.82) is 0 Å². The van der Waals surface area contributed by atoms with Crippen molar-refractivity contribution in [3.05, 3.63) is 12.2 Å². The number of cyclic esters (lactones) is 1. The summed E-state index contributed by atoms with van der Waals surface area (Å²) in [6.45, 7) is 11.9. The van der Waals surface area contributed by atoms with Gasteiger partial charge in [-0.3, -0.25) is 4.79 Å². The van der Waals surface area contributed by atoms with Crippen LogP contribution in [0.2, 0.25) is 0 Å². The first-order chi connectivity index (χ1) is 7.13. The Morgan fingerprint density at radius 3 is 2.25 bits per heavy atom. The molecule has 1 rings (SSSR count). The SMILES string of the molecule is C=C(C)C(=O)OC1(C)C(C)OC(=O)C1(C)C. The summed E-state index contributed by atoms with van der Waals surface area (Å²) in [4.78, 5) is 23.2. The first-order valence-electron chi connectivity index (χ1n) is 5.23. The molecule has 0 spiro atoms. The molecule has 0 radical (unpaired) electrons.